The molecule has 0 aromatic rings. The molecule has 1 fully saturated rings. The fourth-order valence-corrected chi connectivity index (χ4v) is 0.788. The van der Waals surface area contributed by atoms with Gasteiger partial charge in [0.05, 0.1) is 6.61 Å². The summed E-state index contributed by atoms with van der Waals surface area (Å²) >= 11 is 0. The van der Waals surface area contributed by atoms with Crippen LogP contribution in [-0.2, 0) is 14.3 Å². The third kappa shape index (κ3) is 1.68. The highest BCUT2D eigenvalue weighted by Gasteiger charge is 2.48. The Hall–Kier alpha value is -1.10. The average Bonchev–Trinajstić information content (AvgIpc) is 2.65. The lowest BCUT2D eigenvalue weighted by Gasteiger charge is -1.95. The number of nitrogens with one attached hydrogen (secondary N) is 1. The molecule has 5 heteroatoms. The Labute approximate surface area is 63.3 Å². The predicted octanol–water partition coefficient (Wildman–Crippen LogP) is -1.03. The summed E-state index contributed by atoms with van der Waals surface area (Å²) in [7, 11) is 0. The summed E-state index contributed by atoms with van der Waals surface area (Å²) in [5, 5.41) is 10.8. The zero-order chi connectivity index (χ0) is 8.43. The molecule has 1 aliphatic rings. The van der Waals surface area contributed by atoms with Crippen molar-refractivity contribution >= 4 is 11.9 Å². The molecular weight excluding hydrogens is 150 g/mol. The normalized spacial score (nSPS) is 27.7. The molecule has 1 saturated heterocycles. The number of carbonyl (C=O) groups excluding carboxylic acids is 1. The van der Waals surface area contributed by atoms with Crippen molar-refractivity contribution in [2.45, 2.75) is 19.0 Å². The van der Waals surface area contributed by atoms with Crippen LogP contribution in [0.25, 0.3) is 0 Å². The highest BCUT2D eigenvalue weighted by Crippen LogP contribution is 2.12. The molecule has 0 aliphatic carbocycles. The van der Waals surface area contributed by atoms with Gasteiger partial charge in [0.2, 0.25) is 0 Å². The zero-order valence-corrected chi connectivity index (χ0v) is 6.03. The fraction of sp³-hybridized carbons (Fsp3) is 0.667. The molecule has 2 N–H and O–H groups in total. The Kier molecular flexibility index (Phi) is 2.09. The van der Waals surface area contributed by atoms with Gasteiger partial charge in [0.1, 0.15) is 12.1 Å². The van der Waals surface area contributed by atoms with Crippen LogP contribution in [0.4, 0.5) is 0 Å². The van der Waals surface area contributed by atoms with E-state index in [9.17, 15) is 9.59 Å². The molecule has 2 atom stereocenters. The number of rotatable bonds is 3. The number of aliphatic carboxylic acids is 1. The molecule has 2 unspecified atom stereocenters. The molecule has 1 aliphatic heterocycles. The van der Waals surface area contributed by atoms with Crippen LogP contribution in [0.5, 0.6) is 0 Å². The van der Waals surface area contributed by atoms with E-state index >= 15 is 0 Å². The highest BCUT2D eigenvalue weighted by atomic mass is 16.5. The molecule has 5 nitrogen and oxygen atoms in total. The zero-order valence-electron chi connectivity index (χ0n) is 6.03. The van der Waals surface area contributed by atoms with Crippen LogP contribution in [0.2, 0.25) is 0 Å². The van der Waals surface area contributed by atoms with Gasteiger partial charge in [-0.05, 0) is 6.92 Å². The lowest BCUT2D eigenvalue weighted by molar-refractivity contribution is -0.144. The van der Waals surface area contributed by atoms with Crippen LogP contribution in [0.15, 0.2) is 0 Å². The maximum Gasteiger partial charge on any atom is 0.325 e. The molecule has 0 saturated carbocycles. The van der Waals surface area contributed by atoms with Crippen molar-refractivity contribution in [3.63, 3.8) is 0 Å². The molecule has 11 heavy (non-hydrogen) atoms. The highest BCUT2D eigenvalue weighted by molar-refractivity contribution is 5.91. The monoisotopic (exact) mass is 159 g/mol. The van der Waals surface area contributed by atoms with Gasteiger partial charge in [0.15, 0.2) is 0 Å². The Morgan fingerprint density at radius 1 is 1.55 bits per heavy atom. The third-order valence-electron chi connectivity index (χ3n) is 1.39. The third-order valence-corrected chi connectivity index (χ3v) is 1.39. The summed E-state index contributed by atoms with van der Waals surface area (Å²) < 4.78 is 4.58. The first-order valence-electron chi connectivity index (χ1n) is 3.32. The summed E-state index contributed by atoms with van der Waals surface area (Å²) in [4.78, 5) is 21.0. The van der Waals surface area contributed by atoms with Crippen molar-refractivity contribution in [3.05, 3.63) is 0 Å². The Morgan fingerprint density at radius 3 is 2.55 bits per heavy atom. The van der Waals surface area contributed by atoms with Gasteiger partial charge in [-0.15, -0.1) is 0 Å². The molecular formula is C6H9NO4. The second-order valence-electron chi connectivity index (χ2n) is 2.21. The largest absolute Gasteiger partial charge is 0.480 e. The van der Waals surface area contributed by atoms with E-state index in [4.69, 9.17) is 5.11 Å². The van der Waals surface area contributed by atoms with E-state index in [1.54, 1.807) is 6.92 Å². The molecule has 0 bridgehead atoms. The maximum atomic E-state index is 10.8. The van der Waals surface area contributed by atoms with E-state index in [0.29, 0.717) is 0 Å². The van der Waals surface area contributed by atoms with Crippen LogP contribution >= 0.6 is 0 Å². The van der Waals surface area contributed by atoms with E-state index in [-0.39, 0.29) is 6.61 Å². The minimum atomic E-state index is -1.01. The summed E-state index contributed by atoms with van der Waals surface area (Å²) in [6.07, 6.45) is 0. The van der Waals surface area contributed by atoms with Crippen molar-refractivity contribution in [2.75, 3.05) is 6.61 Å². The Morgan fingerprint density at radius 2 is 2.18 bits per heavy atom. The number of carbonyl (C=O) groups is 2. The van der Waals surface area contributed by atoms with E-state index in [2.05, 4.69) is 10.1 Å². The summed E-state index contributed by atoms with van der Waals surface area (Å²) in [6.45, 7) is 1.96. The number of carboxylic acids is 1. The number of hydrogen-bond acceptors (Lipinski definition) is 4. The predicted molar refractivity (Wildman–Crippen MR) is 35.0 cm³/mol. The first-order chi connectivity index (χ1) is 5.16. The topological polar surface area (TPSA) is 85.5 Å². The van der Waals surface area contributed by atoms with E-state index in [1.165, 1.54) is 0 Å². The molecule has 0 spiro atoms. The number of esters is 1. The van der Waals surface area contributed by atoms with Crippen LogP contribution < -0.4 is 5.32 Å². The second kappa shape index (κ2) is 2.87. The van der Waals surface area contributed by atoms with Gasteiger partial charge < -0.3 is 9.84 Å². The van der Waals surface area contributed by atoms with Crippen LogP contribution in [0.1, 0.15) is 6.92 Å². The first kappa shape index (κ1) is 8.00. The van der Waals surface area contributed by atoms with Crippen molar-refractivity contribution in [1.82, 2.24) is 5.32 Å². The number of hydrogen-bond donors (Lipinski definition) is 2. The van der Waals surface area contributed by atoms with Gasteiger partial charge in [-0.1, -0.05) is 0 Å². The maximum absolute atomic E-state index is 10.8. The van der Waals surface area contributed by atoms with Gasteiger partial charge >= 0.3 is 11.9 Å². The van der Waals surface area contributed by atoms with E-state index in [1.807, 2.05) is 0 Å². The van der Waals surface area contributed by atoms with Gasteiger partial charge in [-0.25, -0.2) is 0 Å². The van der Waals surface area contributed by atoms with Crippen LogP contribution in [0, 0.1) is 0 Å². The lowest BCUT2D eigenvalue weighted by atomic mass is 10.3. The standard InChI is InChI=1S/C6H9NO4/c1-2-11-6(10)4-3(7-4)5(8)9/h3-4,7H,2H2,1H3,(H,8,9). The van der Waals surface area contributed by atoms with Crippen molar-refractivity contribution in [2.24, 2.45) is 0 Å². The quantitative estimate of drug-likeness (QED) is 0.406. The fourth-order valence-electron chi connectivity index (χ4n) is 0.788. The molecule has 1 heterocycles. The molecule has 0 aromatic heterocycles. The van der Waals surface area contributed by atoms with Crippen LogP contribution in [-0.4, -0.2) is 35.7 Å². The lowest BCUT2D eigenvalue weighted by Crippen LogP contribution is -2.18. The summed E-state index contributed by atoms with van der Waals surface area (Å²) in [5.74, 6) is -1.50. The summed E-state index contributed by atoms with van der Waals surface area (Å²) in [6, 6.07) is -1.37. The number of carboxylic acid groups (broad SMARTS) is 1. The molecule has 0 aromatic carbocycles. The molecule has 1 rings (SSSR count). The van der Waals surface area contributed by atoms with Crippen molar-refractivity contribution in [3.8, 4) is 0 Å². The smallest absolute Gasteiger partial charge is 0.325 e. The first-order valence-corrected chi connectivity index (χ1v) is 3.32. The second-order valence-corrected chi connectivity index (χ2v) is 2.21. The summed E-state index contributed by atoms with van der Waals surface area (Å²) in [5.41, 5.74) is 0. The van der Waals surface area contributed by atoms with E-state index in [0.717, 1.165) is 0 Å². The minimum Gasteiger partial charge on any atom is -0.480 e. The Bertz CT molecular complexity index is 191. The number of ether oxygens (including phenoxy) is 1. The van der Waals surface area contributed by atoms with Gasteiger partial charge in [0, 0.05) is 0 Å². The van der Waals surface area contributed by atoms with Gasteiger partial charge in [-0.3, -0.25) is 14.9 Å². The van der Waals surface area contributed by atoms with Gasteiger partial charge in [-0.2, -0.15) is 0 Å². The Balaban J connectivity index is 2.32. The van der Waals surface area contributed by atoms with Gasteiger partial charge in [0.25, 0.3) is 0 Å². The molecule has 0 amide bonds. The van der Waals surface area contributed by atoms with Crippen LogP contribution in [0.3, 0.4) is 0 Å². The van der Waals surface area contributed by atoms with E-state index < -0.39 is 24.0 Å². The van der Waals surface area contributed by atoms with Crippen molar-refractivity contribution in [1.29, 1.82) is 0 Å². The average molecular weight is 159 g/mol. The molecule has 0 radical (unpaired) electrons. The SMILES string of the molecule is CCOC(=O)C1NC1C(=O)O. The minimum absolute atomic E-state index is 0.281. The molecule has 62 valence electrons. The van der Waals surface area contributed by atoms with Crippen molar-refractivity contribution < 1.29 is 19.4 Å².